The van der Waals surface area contributed by atoms with Crippen molar-refractivity contribution < 1.29 is 14.3 Å². The summed E-state index contributed by atoms with van der Waals surface area (Å²) in [5.74, 6) is -1.04. The van der Waals surface area contributed by atoms with Gasteiger partial charge >= 0.3 is 5.97 Å². The topological polar surface area (TPSA) is 69.4 Å². The van der Waals surface area contributed by atoms with Crippen LogP contribution in [0.1, 0.15) is 41.8 Å². The highest BCUT2D eigenvalue weighted by molar-refractivity contribution is 7.12. The van der Waals surface area contributed by atoms with Gasteiger partial charge in [0.05, 0.1) is 4.88 Å². The number of rotatable bonds is 5. The van der Waals surface area contributed by atoms with Gasteiger partial charge in [-0.05, 0) is 30.2 Å². The number of ether oxygens (including phenoxy) is 1. The van der Waals surface area contributed by atoms with Gasteiger partial charge in [-0.25, -0.2) is 4.79 Å². The van der Waals surface area contributed by atoms with E-state index in [4.69, 9.17) is 10.5 Å². The van der Waals surface area contributed by atoms with Crippen molar-refractivity contribution in [2.45, 2.75) is 38.2 Å². The van der Waals surface area contributed by atoms with Gasteiger partial charge in [0, 0.05) is 6.54 Å². The van der Waals surface area contributed by atoms with Crippen LogP contribution in [0, 0.1) is 5.92 Å². The SMILES string of the molecule is NC[C@H](OC(=O)C(=O)c1cccs1)C1CCCCC1. The van der Waals surface area contributed by atoms with Crippen LogP contribution in [0.5, 0.6) is 0 Å². The number of ketones is 1. The van der Waals surface area contributed by atoms with E-state index in [1.807, 2.05) is 0 Å². The van der Waals surface area contributed by atoms with Crippen molar-refractivity contribution in [1.82, 2.24) is 0 Å². The summed E-state index contributed by atoms with van der Waals surface area (Å²) in [6.45, 7) is 0.286. The first-order valence-electron chi connectivity index (χ1n) is 6.71. The Bertz CT molecular complexity index is 424. The van der Waals surface area contributed by atoms with Crippen molar-refractivity contribution in [3.8, 4) is 0 Å². The summed E-state index contributed by atoms with van der Waals surface area (Å²) < 4.78 is 5.32. The summed E-state index contributed by atoms with van der Waals surface area (Å²) in [6, 6.07) is 3.37. The molecule has 0 aromatic carbocycles. The second-order valence-electron chi connectivity index (χ2n) is 4.88. The van der Waals surface area contributed by atoms with Gasteiger partial charge in [0.1, 0.15) is 6.10 Å². The van der Waals surface area contributed by atoms with E-state index in [1.165, 1.54) is 17.8 Å². The average molecular weight is 281 g/mol. The number of nitrogens with two attached hydrogens (primary N) is 1. The van der Waals surface area contributed by atoms with Crippen molar-refractivity contribution >= 4 is 23.1 Å². The fourth-order valence-corrected chi connectivity index (χ4v) is 3.19. The molecule has 1 aromatic rings. The van der Waals surface area contributed by atoms with Crippen molar-refractivity contribution in [2.75, 3.05) is 6.54 Å². The van der Waals surface area contributed by atoms with Crippen LogP contribution >= 0.6 is 11.3 Å². The summed E-state index contributed by atoms with van der Waals surface area (Å²) in [5.41, 5.74) is 5.68. The molecule has 2 rings (SSSR count). The van der Waals surface area contributed by atoms with Gasteiger partial charge in [-0.2, -0.15) is 0 Å². The van der Waals surface area contributed by atoms with Gasteiger partial charge in [-0.15, -0.1) is 11.3 Å². The number of hydrogen-bond acceptors (Lipinski definition) is 5. The standard InChI is InChI=1S/C14H19NO3S/c15-9-11(10-5-2-1-3-6-10)18-14(17)13(16)12-7-4-8-19-12/h4,7-8,10-11H,1-3,5-6,9,15H2/t11-/m0/s1. The lowest BCUT2D eigenvalue weighted by atomic mass is 9.85. The predicted octanol–water partition coefficient (Wildman–Crippen LogP) is 2.38. The third kappa shape index (κ3) is 3.64. The number of carbonyl (C=O) groups is 2. The molecule has 0 radical (unpaired) electrons. The minimum Gasteiger partial charge on any atom is -0.455 e. The smallest absolute Gasteiger partial charge is 0.380 e. The maximum atomic E-state index is 11.8. The fraction of sp³-hybridized carbons (Fsp3) is 0.571. The van der Waals surface area contributed by atoms with Gasteiger partial charge in [-0.3, -0.25) is 4.79 Å². The van der Waals surface area contributed by atoms with E-state index in [-0.39, 0.29) is 12.6 Å². The van der Waals surface area contributed by atoms with Crippen LogP contribution in [0.3, 0.4) is 0 Å². The molecule has 1 aliphatic carbocycles. The molecule has 1 saturated carbocycles. The Morgan fingerprint density at radius 3 is 2.68 bits per heavy atom. The molecule has 0 saturated heterocycles. The minimum absolute atomic E-state index is 0.286. The minimum atomic E-state index is -0.775. The molecule has 0 unspecified atom stereocenters. The molecule has 2 N–H and O–H groups in total. The van der Waals surface area contributed by atoms with E-state index in [0.29, 0.717) is 10.8 Å². The summed E-state index contributed by atoms with van der Waals surface area (Å²) in [6.07, 6.45) is 5.27. The molecule has 104 valence electrons. The molecule has 19 heavy (non-hydrogen) atoms. The second-order valence-corrected chi connectivity index (χ2v) is 5.83. The van der Waals surface area contributed by atoms with E-state index in [1.54, 1.807) is 17.5 Å². The number of hydrogen-bond donors (Lipinski definition) is 1. The number of thiophene rings is 1. The van der Waals surface area contributed by atoms with Crippen LogP contribution in [-0.4, -0.2) is 24.4 Å². The normalized spacial score (nSPS) is 17.9. The van der Waals surface area contributed by atoms with E-state index < -0.39 is 11.8 Å². The maximum Gasteiger partial charge on any atom is 0.380 e. The summed E-state index contributed by atoms with van der Waals surface area (Å²) in [4.78, 5) is 24.1. The van der Waals surface area contributed by atoms with Crippen LogP contribution in [0.2, 0.25) is 0 Å². The highest BCUT2D eigenvalue weighted by atomic mass is 32.1. The number of esters is 1. The Morgan fingerprint density at radius 1 is 1.37 bits per heavy atom. The van der Waals surface area contributed by atoms with Crippen molar-refractivity contribution in [3.05, 3.63) is 22.4 Å². The van der Waals surface area contributed by atoms with Crippen LogP contribution in [0.15, 0.2) is 17.5 Å². The summed E-state index contributed by atoms with van der Waals surface area (Å²) in [7, 11) is 0. The zero-order chi connectivity index (χ0) is 13.7. The predicted molar refractivity (Wildman–Crippen MR) is 74.2 cm³/mol. The Kier molecular flexibility index (Phi) is 5.10. The van der Waals surface area contributed by atoms with Gasteiger partial charge in [0.2, 0.25) is 0 Å². The highest BCUT2D eigenvalue weighted by Crippen LogP contribution is 2.28. The number of Topliss-reactive ketones (excluding diaryl/α,β-unsaturated/α-hetero) is 1. The molecule has 1 atom stereocenters. The molecule has 0 spiro atoms. The van der Waals surface area contributed by atoms with Crippen LogP contribution in [0.25, 0.3) is 0 Å². The van der Waals surface area contributed by atoms with Crippen LogP contribution in [0.4, 0.5) is 0 Å². The summed E-state index contributed by atoms with van der Waals surface area (Å²) >= 11 is 1.25. The summed E-state index contributed by atoms with van der Waals surface area (Å²) in [5, 5.41) is 1.77. The Balaban J connectivity index is 1.94. The first-order chi connectivity index (χ1) is 9.22. The molecule has 4 nitrogen and oxygen atoms in total. The highest BCUT2D eigenvalue weighted by Gasteiger charge is 2.28. The molecule has 1 aromatic heterocycles. The molecule has 1 fully saturated rings. The van der Waals surface area contributed by atoms with Crippen molar-refractivity contribution in [2.24, 2.45) is 11.7 Å². The largest absolute Gasteiger partial charge is 0.455 e. The lowest BCUT2D eigenvalue weighted by Crippen LogP contribution is -2.37. The number of carbonyl (C=O) groups excluding carboxylic acids is 2. The maximum absolute atomic E-state index is 11.8. The van der Waals surface area contributed by atoms with Gasteiger partial charge in [0.25, 0.3) is 5.78 Å². The molecule has 1 aliphatic rings. The third-order valence-corrected chi connectivity index (χ3v) is 4.47. The van der Waals surface area contributed by atoms with Crippen molar-refractivity contribution in [1.29, 1.82) is 0 Å². The zero-order valence-electron chi connectivity index (χ0n) is 10.8. The van der Waals surface area contributed by atoms with E-state index >= 15 is 0 Å². The van der Waals surface area contributed by atoms with E-state index in [0.717, 1.165) is 25.7 Å². The van der Waals surface area contributed by atoms with Crippen molar-refractivity contribution in [3.63, 3.8) is 0 Å². The van der Waals surface area contributed by atoms with Gasteiger partial charge in [0.15, 0.2) is 0 Å². The first kappa shape index (κ1) is 14.2. The van der Waals surface area contributed by atoms with Gasteiger partial charge < -0.3 is 10.5 Å². The molecular weight excluding hydrogens is 262 g/mol. The molecule has 0 amide bonds. The first-order valence-corrected chi connectivity index (χ1v) is 7.59. The van der Waals surface area contributed by atoms with Gasteiger partial charge in [-0.1, -0.05) is 25.3 Å². The lowest BCUT2D eigenvalue weighted by Gasteiger charge is -2.28. The Hall–Kier alpha value is -1.20. The second kappa shape index (κ2) is 6.82. The average Bonchev–Trinajstić information content (AvgIpc) is 2.98. The third-order valence-electron chi connectivity index (χ3n) is 3.60. The zero-order valence-corrected chi connectivity index (χ0v) is 11.7. The molecular formula is C14H19NO3S. The van der Waals surface area contributed by atoms with E-state index in [2.05, 4.69) is 0 Å². The monoisotopic (exact) mass is 281 g/mol. The molecule has 5 heteroatoms. The van der Waals surface area contributed by atoms with Crippen LogP contribution < -0.4 is 5.73 Å². The Morgan fingerprint density at radius 2 is 2.11 bits per heavy atom. The quantitative estimate of drug-likeness (QED) is 0.511. The van der Waals surface area contributed by atoms with Crippen LogP contribution in [-0.2, 0) is 9.53 Å². The lowest BCUT2D eigenvalue weighted by molar-refractivity contribution is -0.146. The molecule has 0 aliphatic heterocycles. The Labute approximate surface area is 116 Å². The fourth-order valence-electron chi connectivity index (χ4n) is 2.54. The molecule has 0 bridgehead atoms. The van der Waals surface area contributed by atoms with E-state index in [9.17, 15) is 9.59 Å². The molecule has 1 heterocycles.